The SMILES string of the molecule is C[C](C)c1cc(I)cc(I)c1. The molecule has 1 aromatic rings. The average molecular weight is 371 g/mol. The number of halogens is 2. The van der Waals surface area contributed by atoms with E-state index in [0.717, 1.165) is 0 Å². The predicted molar refractivity (Wildman–Crippen MR) is 65.6 cm³/mol. The molecule has 0 spiro atoms. The Bertz CT molecular complexity index is 233. The maximum absolute atomic E-state index is 2.35. The van der Waals surface area contributed by atoms with Crippen LogP contribution in [0.2, 0.25) is 0 Å². The third-order valence-electron chi connectivity index (χ3n) is 1.44. The van der Waals surface area contributed by atoms with Gasteiger partial charge in [0.15, 0.2) is 0 Å². The van der Waals surface area contributed by atoms with E-state index in [4.69, 9.17) is 0 Å². The Kier molecular flexibility index (Phi) is 3.61. The summed E-state index contributed by atoms with van der Waals surface area (Å²) >= 11 is 4.69. The van der Waals surface area contributed by atoms with E-state index in [1.54, 1.807) is 0 Å². The number of hydrogen-bond donors (Lipinski definition) is 0. The van der Waals surface area contributed by atoms with Gasteiger partial charge >= 0.3 is 0 Å². The quantitative estimate of drug-likeness (QED) is 0.658. The van der Waals surface area contributed by atoms with Gasteiger partial charge in [-0.25, -0.2) is 0 Å². The molecule has 0 N–H and O–H groups in total. The van der Waals surface area contributed by atoms with E-state index in [1.165, 1.54) is 18.6 Å². The molecule has 0 amide bonds. The third-order valence-corrected chi connectivity index (χ3v) is 2.69. The molecule has 0 aliphatic heterocycles. The van der Waals surface area contributed by atoms with Gasteiger partial charge in [0.05, 0.1) is 0 Å². The Morgan fingerprint density at radius 1 is 1.00 bits per heavy atom. The summed E-state index contributed by atoms with van der Waals surface area (Å²) in [5, 5.41) is 0. The van der Waals surface area contributed by atoms with E-state index in [0.29, 0.717) is 0 Å². The Morgan fingerprint density at radius 3 is 1.82 bits per heavy atom. The van der Waals surface area contributed by atoms with Crippen LogP contribution in [-0.2, 0) is 0 Å². The van der Waals surface area contributed by atoms with Gasteiger partial charge in [0.1, 0.15) is 0 Å². The first-order valence-corrected chi connectivity index (χ1v) is 5.52. The Morgan fingerprint density at radius 2 is 1.45 bits per heavy atom. The van der Waals surface area contributed by atoms with Crippen molar-refractivity contribution >= 4 is 45.2 Å². The lowest BCUT2D eigenvalue weighted by Gasteiger charge is -2.05. The van der Waals surface area contributed by atoms with Crippen LogP contribution >= 0.6 is 45.2 Å². The van der Waals surface area contributed by atoms with Crippen molar-refractivity contribution in [2.75, 3.05) is 0 Å². The standard InChI is InChI=1S/C9H9I2/c1-6(2)7-3-8(10)5-9(11)4-7/h3-5H,1-2H3. The fourth-order valence-corrected chi connectivity index (χ4v) is 2.78. The van der Waals surface area contributed by atoms with Gasteiger partial charge in [0, 0.05) is 7.14 Å². The fraction of sp³-hybridized carbons (Fsp3) is 0.222. The lowest BCUT2D eigenvalue weighted by Crippen LogP contribution is -1.89. The lowest BCUT2D eigenvalue weighted by atomic mass is 10.0. The van der Waals surface area contributed by atoms with Crippen molar-refractivity contribution in [1.29, 1.82) is 0 Å². The Balaban J connectivity index is 3.08. The molecular formula is C9H9I2. The highest BCUT2D eigenvalue weighted by Crippen LogP contribution is 2.19. The molecule has 0 saturated heterocycles. The van der Waals surface area contributed by atoms with E-state index in [-0.39, 0.29) is 0 Å². The van der Waals surface area contributed by atoms with Crippen molar-refractivity contribution in [3.05, 3.63) is 36.8 Å². The Hall–Kier alpha value is 0.680. The highest BCUT2D eigenvalue weighted by atomic mass is 127. The molecule has 0 aliphatic carbocycles. The van der Waals surface area contributed by atoms with Gasteiger partial charge in [-0.15, -0.1) is 0 Å². The van der Waals surface area contributed by atoms with Crippen LogP contribution in [0.25, 0.3) is 0 Å². The van der Waals surface area contributed by atoms with Crippen molar-refractivity contribution in [2.45, 2.75) is 13.8 Å². The molecule has 1 aromatic carbocycles. The Labute approximate surface area is 95.0 Å². The highest BCUT2D eigenvalue weighted by molar-refractivity contribution is 14.1. The van der Waals surface area contributed by atoms with Crippen LogP contribution in [0.3, 0.4) is 0 Å². The first kappa shape index (κ1) is 9.77. The van der Waals surface area contributed by atoms with Gasteiger partial charge in [-0.3, -0.25) is 0 Å². The first-order valence-electron chi connectivity index (χ1n) is 3.36. The van der Waals surface area contributed by atoms with Crippen LogP contribution in [0.4, 0.5) is 0 Å². The van der Waals surface area contributed by atoms with Crippen molar-refractivity contribution in [3.63, 3.8) is 0 Å². The second-order valence-electron chi connectivity index (χ2n) is 2.66. The minimum Gasteiger partial charge on any atom is -0.0550 e. The zero-order valence-corrected chi connectivity index (χ0v) is 10.8. The molecule has 0 heterocycles. The monoisotopic (exact) mass is 371 g/mol. The van der Waals surface area contributed by atoms with Crippen LogP contribution < -0.4 is 0 Å². The molecule has 0 atom stereocenters. The van der Waals surface area contributed by atoms with Crippen molar-refractivity contribution in [3.8, 4) is 0 Å². The number of hydrogen-bond acceptors (Lipinski definition) is 0. The summed E-state index contributed by atoms with van der Waals surface area (Å²) in [6.07, 6.45) is 0. The molecule has 0 bridgehead atoms. The molecule has 1 radical (unpaired) electrons. The molecule has 0 aromatic heterocycles. The van der Waals surface area contributed by atoms with Crippen molar-refractivity contribution < 1.29 is 0 Å². The van der Waals surface area contributed by atoms with Crippen LogP contribution in [-0.4, -0.2) is 0 Å². The summed E-state index contributed by atoms with van der Waals surface area (Å²) in [5.41, 5.74) is 1.35. The summed E-state index contributed by atoms with van der Waals surface area (Å²) in [7, 11) is 0. The highest BCUT2D eigenvalue weighted by Gasteiger charge is 2.01. The summed E-state index contributed by atoms with van der Waals surface area (Å²) in [5.74, 6) is 1.38. The predicted octanol–water partition coefficient (Wildman–Crippen LogP) is 3.86. The summed E-state index contributed by atoms with van der Waals surface area (Å²) in [6, 6.07) is 6.59. The molecule has 11 heavy (non-hydrogen) atoms. The molecule has 0 aliphatic rings. The maximum Gasteiger partial charge on any atom is 0.0143 e. The van der Waals surface area contributed by atoms with Crippen LogP contribution in [0.1, 0.15) is 19.4 Å². The summed E-state index contributed by atoms with van der Waals surface area (Å²) in [4.78, 5) is 0. The first-order chi connectivity index (χ1) is 5.09. The number of benzene rings is 1. The zero-order chi connectivity index (χ0) is 8.43. The van der Waals surface area contributed by atoms with E-state index >= 15 is 0 Å². The topological polar surface area (TPSA) is 0 Å². The van der Waals surface area contributed by atoms with Gasteiger partial charge in [-0.05, 0) is 74.9 Å². The molecule has 2 heteroatoms. The van der Waals surface area contributed by atoms with Crippen LogP contribution in [0.15, 0.2) is 18.2 Å². The maximum atomic E-state index is 2.35. The largest absolute Gasteiger partial charge is 0.0550 e. The minimum absolute atomic E-state index is 1.31. The van der Waals surface area contributed by atoms with Crippen molar-refractivity contribution in [1.82, 2.24) is 0 Å². The van der Waals surface area contributed by atoms with Gasteiger partial charge < -0.3 is 0 Å². The molecule has 0 fully saturated rings. The van der Waals surface area contributed by atoms with Gasteiger partial charge in [0.2, 0.25) is 0 Å². The third kappa shape index (κ3) is 2.89. The smallest absolute Gasteiger partial charge is 0.0143 e. The van der Waals surface area contributed by atoms with Crippen LogP contribution in [0, 0.1) is 13.1 Å². The van der Waals surface area contributed by atoms with E-state index in [2.05, 4.69) is 77.2 Å². The summed E-state index contributed by atoms with van der Waals surface area (Å²) in [6.45, 7) is 4.28. The van der Waals surface area contributed by atoms with Gasteiger partial charge in [-0.1, -0.05) is 13.8 Å². The van der Waals surface area contributed by atoms with Crippen molar-refractivity contribution in [2.24, 2.45) is 0 Å². The van der Waals surface area contributed by atoms with Crippen LogP contribution in [0.5, 0.6) is 0 Å². The molecular weight excluding hydrogens is 362 g/mol. The summed E-state index contributed by atoms with van der Waals surface area (Å²) < 4.78 is 2.62. The second-order valence-corrected chi connectivity index (χ2v) is 5.15. The fourth-order valence-electron chi connectivity index (χ4n) is 0.843. The number of rotatable bonds is 1. The molecule has 0 unspecified atom stereocenters. The minimum atomic E-state index is 1.31. The molecule has 1 rings (SSSR count). The molecule has 59 valence electrons. The van der Waals surface area contributed by atoms with Gasteiger partial charge in [-0.2, -0.15) is 0 Å². The van der Waals surface area contributed by atoms with Gasteiger partial charge in [0.25, 0.3) is 0 Å². The van der Waals surface area contributed by atoms with E-state index < -0.39 is 0 Å². The molecule has 0 saturated carbocycles. The normalized spacial score (nSPS) is 10.6. The molecule has 0 nitrogen and oxygen atoms in total. The second kappa shape index (κ2) is 4.07. The average Bonchev–Trinajstić information content (AvgIpc) is 1.85. The van der Waals surface area contributed by atoms with E-state index in [9.17, 15) is 0 Å². The lowest BCUT2D eigenvalue weighted by molar-refractivity contribution is 1.14. The van der Waals surface area contributed by atoms with E-state index in [1.807, 2.05) is 0 Å². The zero-order valence-electron chi connectivity index (χ0n) is 6.49.